The minimum atomic E-state index is -1.13. The number of alkyl halides is 1. The summed E-state index contributed by atoms with van der Waals surface area (Å²) >= 11 is 0. The molecule has 2 saturated heterocycles. The number of carbonyl (C=O) groups is 3. The standard InChI is InChI=1S/C26H34F3N5O3.C2H6/c1-5-7-22-25(36)32(14-19-10-11-20(28)12-21(19)29)15-23-33(22)24(35)16-31(4)34(23)26(37)30-13-18(6-2)9-8-17(3)27;1-2/h6,8-12,17,22-23H,5,7,13-16H2,1-4H3,(H,30,37);1-2H3/b9-8-,18-6+;/t17?,22-,23?;/m0./s1. The summed E-state index contributed by atoms with van der Waals surface area (Å²) < 4.78 is 41.0. The summed E-state index contributed by atoms with van der Waals surface area (Å²) in [5, 5.41) is 5.68. The topological polar surface area (TPSA) is 76.2 Å². The lowest BCUT2D eigenvalue weighted by molar-refractivity contribution is -0.188. The maximum absolute atomic E-state index is 14.4. The lowest BCUT2D eigenvalue weighted by Gasteiger charge is -2.54. The van der Waals surface area contributed by atoms with Gasteiger partial charge in [-0.25, -0.2) is 28.0 Å². The number of rotatable bonds is 8. The second-order valence-corrected chi connectivity index (χ2v) is 9.26. The molecule has 2 aliphatic rings. The third kappa shape index (κ3) is 7.84. The number of fused-ring (bicyclic) bond motifs is 1. The number of nitrogens with one attached hydrogen (secondary N) is 1. The molecule has 2 aliphatic heterocycles. The maximum Gasteiger partial charge on any atom is 0.334 e. The predicted octanol–water partition coefficient (Wildman–Crippen LogP) is 4.39. The average molecular weight is 552 g/mol. The number of hydrogen-bond acceptors (Lipinski definition) is 4. The molecule has 0 aliphatic carbocycles. The summed E-state index contributed by atoms with van der Waals surface area (Å²) in [6, 6.07) is 1.85. The van der Waals surface area contributed by atoms with E-state index in [4.69, 9.17) is 0 Å². The molecule has 39 heavy (non-hydrogen) atoms. The van der Waals surface area contributed by atoms with E-state index in [1.54, 1.807) is 26.1 Å². The Labute approximate surface area is 229 Å². The van der Waals surface area contributed by atoms with Crippen LogP contribution >= 0.6 is 0 Å². The molecule has 0 radical (unpaired) electrons. The number of benzene rings is 1. The lowest BCUT2D eigenvalue weighted by atomic mass is 10.0. The summed E-state index contributed by atoms with van der Waals surface area (Å²) in [5.74, 6) is -2.13. The van der Waals surface area contributed by atoms with Crippen LogP contribution in [0.3, 0.4) is 0 Å². The summed E-state index contributed by atoms with van der Waals surface area (Å²) in [6.07, 6.45) is 3.75. The van der Waals surface area contributed by atoms with Gasteiger partial charge in [0.25, 0.3) is 0 Å². The Balaban J connectivity index is 0.00000260. The highest BCUT2D eigenvalue weighted by Crippen LogP contribution is 2.29. The van der Waals surface area contributed by atoms with Crippen molar-refractivity contribution in [2.75, 3.05) is 26.7 Å². The number of halogens is 3. The van der Waals surface area contributed by atoms with Gasteiger partial charge in [0.15, 0.2) is 0 Å². The number of hydrazine groups is 1. The van der Waals surface area contributed by atoms with Crippen LogP contribution in [0.4, 0.5) is 18.0 Å². The molecule has 2 heterocycles. The van der Waals surface area contributed by atoms with Gasteiger partial charge in [-0.05, 0) is 31.9 Å². The van der Waals surface area contributed by atoms with Crippen molar-refractivity contribution in [3.63, 3.8) is 0 Å². The van der Waals surface area contributed by atoms with Crippen molar-refractivity contribution in [2.24, 2.45) is 0 Å². The van der Waals surface area contributed by atoms with E-state index in [2.05, 4.69) is 5.32 Å². The van der Waals surface area contributed by atoms with Crippen molar-refractivity contribution >= 4 is 17.8 Å². The van der Waals surface area contributed by atoms with Crippen LogP contribution in [-0.4, -0.2) is 82.7 Å². The Morgan fingerprint density at radius 2 is 1.92 bits per heavy atom. The zero-order valence-electron chi connectivity index (χ0n) is 23.6. The first-order valence-electron chi connectivity index (χ1n) is 13.4. The largest absolute Gasteiger partial charge is 0.334 e. The Kier molecular flexibility index (Phi) is 12.0. The number of likely N-dealkylation sites (N-methyl/N-ethyl adjacent to an activating group) is 1. The van der Waals surface area contributed by atoms with Gasteiger partial charge in [-0.1, -0.05) is 51.5 Å². The Hall–Kier alpha value is -3.34. The second kappa shape index (κ2) is 14.7. The normalized spacial score (nSPS) is 21.1. The summed E-state index contributed by atoms with van der Waals surface area (Å²) in [7, 11) is 1.60. The van der Waals surface area contributed by atoms with E-state index in [-0.39, 0.29) is 43.6 Å². The number of amides is 4. The lowest BCUT2D eigenvalue weighted by Crippen LogP contribution is -2.75. The van der Waals surface area contributed by atoms with Crippen molar-refractivity contribution < 1.29 is 27.6 Å². The molecule has 0 spiro atoms. The molecule has 1 aromatic rings. The van der Waals surface area contributed by atoms with Gasteiger partial charge in [0.1, 0.15) is 30.0 Å². The number of nitrogens with zero attached hydrogens (tertiary/aromatic N) is 4. The van der Waals surface area contributed by atoms with Gasteiger partial charge in [-0.15, -0.1) is 0 Å². The van der Waals surface area contributed by atoms with Crippen LogP contribution in [0, 0.1) is 11.6 Å². The van der Waals surface area contributed by atoms with E-state index < -0.39 is 36.0 Å². The van der Waals surface area contributed by atoms with Gasteiger partial charge in [-0.2, -0.15) is 0 Å². The third-order valence-electron chi connectivity index (χ3n) is 6.48. The molecule has 8 nitrogen and oxygen atoms in total. The second-order valence-electron chi connectivity index (χ2n) is 9.26. The van der Waals surface area contributed by atoms with Crippen LogP contribution in [-0.2, 0) is 16.1 Å². The molecule has 0 bridgehead atoms. The van der Waals surface area contributed by atoms with Crippen molar-refractivity contribution in [3.05, 3.63) is 59.2 Å². The third-order valence-corrected chi connectivity index (χ3v) is 6.48. The Morgan fingerprint density at radius 1 is 1.23 bits per heavy atom. The quantitative estimate of drug-likeness (QED) is 0.487. The van der Waals surface area contributed by atoms with Gasteiger partial charge in [0.05, 0.1) is 13.1 Å². The van der Waals surface area contributed by atoms with Gasteiger partial charge < -0.3 is 15.1 Å². The van der Waals surface area contributed by atoms with E-state index >= 15 is 0 Å². The summed E-state index contributed by atoms with van der Waals surface area (Å²) in [5.41, 5.74) is 0.832. The predicted molar refractivity (Wildman–Crippen MR) is 144 cm³/mol. The fraction of sp³-hybridized carbons (Fsp3) is 0.536. The van der Waals surface area contributed by atoms with Crippen LogP contribution in [0.5, 0.6) is 0 Å². The molecule has 3 atom stereocenters. The van der Waals surface area contributed by atoms with Crippen molar-refractivity contribution in [1.29, 1.82) is 0 Å². The van der Waals surface area contributed by atoms with Crippen molar-refractivity contribution in [2.45, 2.75) is 72.4 Å². The van der Waals surface area contributed by atoms with E-state index in [0.717, 1.165) is 12.1 Å². The highest BCUT2D eigenvalue weighted by atomic mass is 19.1. The monoisotopic (exact) mass is 551 g/mol. The number of hydrogen-bond donors (Lipinski definition) is 1. The van der Waals surface area contributed by atoms with Crippen LogP contribution in [0.1, 0.15) is 53.0 Å². The number of piperazine rings is 1. The van der Waals surface area contributed by atoms with Crippen LogP contribution in [0.25, 0.3) is 0 Å². The molecule has 2 fully saturated rings. The smallest absolute Gasteiger partial charge is 0.333 e. The number of allylic oxidation sites excluding steroid dienone is 2. The molecule has 216 valence electrons. The van der Waals surface area contributed by atoms with E-state index in [1.165, 1.54) is 38.9 Å². The minimum Gasteiger partial charge on any atom is -0.333 e. The molecular weight excluding hydrogens is 511 g/mol. The molecule has 1 N–H and O–H groups in total. The van der Waals surface area contributed by atoms with E-state index in [9.17, 15) is 27.6 Å². The molecule has 4 amide bonds. The highest BCUT2D eigenvalue weighted by molar-refractivity contribution is 5.91. The van der Waals surface area contributed by atoms with Gasteiger partial charge >= 0.3 is 6.03 Å². The zero-order chi connectivity index (χ0) is 29.3. The molecule has 1 aromatic carbocycles. The summed E-state index contributed by atoms with van der Waals surface area (Å²) in [6.45, 7) is 8.92. The Bertz CT molecular complexity index is 1080. The first-order chi connectivity index (χ1) is 18.6. The molecular formula is C28H40F3N5O3. The fourth-order valence-corrected chi connectivity index (χ4v) is 4.63. The molecule has 3 rings (SSSR count). The van der Waals surface area contributed by atoms with Crippen molar-refractivity contribution in [1.82, 2.24) is 25.1 Å². The molecule has 0 saturated carbocycles. The first kappa shape index (κ1) is 31.9. The van der Waals surface area contributed by atoms with Gasteiger partial charge in [0.2, 0.25) is 11.8 Å². The molecule has 11 heteroatoms. The minimum absolute atomic E-state index is 0.0465. The number of urea groups is 1. The average Bonchev–Trinajstić information content (AvgIpc) is 2.89. The van der Waals surface area contributed by atoms with E-state index in [1.807, 2.05) is 20.8 Å². The maximum atomic E-state index is 14.4. The van der Waals surface area contributed by atoms with Crippen molar-refractivity contribution in [3.8, 4) is 0 Å². The molecule has 0 aromatic heterocycles. The van der Waals surface area contributed by atoms with Crippen LogP contribution in [0.2, 0.25) is 0 Å². The van der Waals surface area contributed by atoms with Gasteiger partial charge in [0, 0.05) is 31.8 Å². The number of carbonyl (C=O) groups excluding carboxylic acids is 3. The van der Waals surface area contributed by atoms with Crippen LogP contribution in [0.15, 0.2) is 42.0 Å². The Morgan fingerprint density at radius 3 is 2.51 bits per heavy atom. The zero-order valence-corrected chi connectivity index (χ0v) is 23.6. The fourth-order valence-electron chi connectivity index (χ4n) is 4.63. The molecule has 2 unspecified atom stereocenters. The van der Waals surface area contributed by atoms with E-state index in [0.29, 0.717) is 18.4 Å². The highest BCUT2D eigenvalue weighted by Gasteiger charge is 2.50. The first-order valence-corrected chi connectivity index (χ1v) is 13.4. The summed E-state index contributed by atoms with van der Waals surface area (Å²) in [4.78, 5) is 42.6. The van der Waals surface area contributed by atoms with Gasteiger partial charge in [-0.3, -0.25) is 9.59 Å². The SMILES string of the molecule is C/C=C(\C=C/C(C)F)CNC(=O)N1C2CN(Cc3ccc(F)cc3F)C(=O)[C@H](CCC)N2C(=O)CN1C.CC. The van der Waals surface area contributed by atoms with Crippen LogP contribution < -0.4 is 5.32 Å².